The molecule has 0 spiro atoms. The number of para-hydroxylation sites is 1. The minimum atomic E-state index is -1.00. The molecule has 0 saturated carbocycles. The number of anilines is 1. The fourth-order valence-corrected chi connectivity index (χ4v) is 3.76. The highest BCUT2D eigenvalue weighted by atomic mass is 19.1. The molecule has 0 bridgehead atoms. The number of carbonyl (C=O) groups excluding carboxylic acids is 1. The number of carbonyl (C=O) groups is 1. The molecule has 0 aliphatic rings. The van der Waals surface area contributed by atoms with Gasteiger partial charge in [0, 0.05) is 6.07 Å². The van der Waals surface area contributed by atoms with Gasteiger partial charge in [-0.15, -0.1) is 0 Å². The van der Waals surface area contributed by atoms with Crippen LogP contribution in [0, 0.1) is 25.5 Å². The van der Waals surface area contributed by atoms with Crippen molar-refractivity contribution >= 4 is 22.5 Å². The number of benzene rings is 2. The molecule has 32 heavy (non-hydrogen) atoms. The zero-order valence-corrected chi connectivity index (χ0v) is 17.8. The molecule has 4 rings (SSSR count). The van der Waals surface area contributed by atoms with Crippen molar-refractivity contribution in [1.29, 1.82) is 0 Å². The van der Waals surface area contributed by atoms with E-state index in [1.165, 1.54) is 0 Å². The van der Waals surface area contributed by atoms with E-state index in [2.05, 4.69) is 15.5 Å². The molecule has 2 heterocycles. The molecule has 2 aromatic carbocycles. The van der Waals surface area contributed by atoms with Crippen LogP contribution in [0.25, 0.3) is 16.6 Å². The zero-order chi connectivity index (χ0) is 23.0. The van der Waals surface area contributed by atoms with Gasteiger partial charge in [0.15, 0.2) is 5.52 Å². The summed E-state index contributed by atoms with van der Waals surface area (Å²) >= 11 is 0. The second kappa shape index (κ2) is 8.33. The van der Waals surface area contributed by atoms with Crippen molar-refractivity contribution < 1.29 is 13.6 Å². The molecule has 0 aliphatic carbocycles. The van der Waals surface area contributed by atoms with Crippen LogP contribution in [0.5, 0.6) is 0 Å². The van der Waals surface area contributed by atoms with Gasteiger partial charge in [-0.3, -0.25) is 9.59 Å². The topological polar surface area (TPSA) is 81.8 Å². The van der Waals surface area contributed by atoms with Gasteiger partial charge in [0.25, 0.3) is 5.56 Å². The van der Waals surface area contributed by atoms with Crippen LogP contribution in [-0.2, 0) is 4.79 Å². The molecule has 1 unspecified atom stereocenters. The van der Waals surface area contributed by atoms with Crippen LogP contribution < -0.4 is 10.9 Å². The molecule has 164 valence electrons. The number of aromatic nitrogens is 4. The van der Waals surface area contributed by atoms with Gasteiger partial charge in [-0.25, -0.2) is 18.1 Å². The van der Waals surface area contributed by atoms with Crippen LogP contribution in [0.3, 0.4) is 0 Å². The Bertz CT molecular complexity index is 1380. The van der Waals surface area contributed by atoms with E-state index in [1.54, 1.807) is 18.5 Å². The number of nitrogens with one attached hydrogen (secondary N) is 1. The maximum Gasteiger partial charge on any atom is 0.295 e. The predicted octanol–water partition coefficient (Wildman–Crippen LogP) is 4.07. The Labute approximate surface area is 182 Å². The third kappa shape index (κ3) is 3.66. The van der Waals surface area contributed by atoms with E-state index in [1.807, 2.05) is 37.3 Å². The maximum absolute atomic E-state index is 14.0. The van der Waals surface area contributed by atoms with Gasteiger partial charge in [-0.1, -0.05) is 25.1 Å². The Kier molecular flexibility index (Phi) is 5.56. The second-order valence-electron chi connectivity index (χ2n) is 7.43. The molecular weight excluding hydrogens is 416 g/mol. The first kappa shape index (κ1) is 21.4. The third-order valence-corrected chi connectivity index (χ3v) is 5.32. The van der Waals surface area contributed by atoms with Crippen LogP contribution in [0.1, 0.15) is 30.8 Å². The van der Waals surface area contributed by atoms with Crippen molar-refractivity contribution in [3.8, 4) is 5.69 Å². The van der Waals surface area contributed by atoms with E-state index < -0.39 is 29.1 Å². The normalized spacial score (nSPS) is 12.2. The number of rotatable bonds is 5. The molecule has 2 aromatic heterocycles. The lowest BCUT2D eigenvalue weighted by Gasteiger charge is -2.17. The quantitative estimate of drug-likeness (QED) is 0.510. The van der Waals surface area contributed by atoms with Crippen molar-refractivity contribution in [3.05, 3.63) is 81.9 Å². The lowest BCUT2D eigenvalue weighted by molar-refractivity contribution is -0.119. The summed E-state index contributed by atoms with van der Waals surface area (Å²) in [4.78, 5) is 26.1. The molecule has 1 N–H and O–H groups in total. The number of aryl methyl sites for hydroxylation is 2. The van der Waals surface area contributed by atoms with Crippen molar-refractivity contribution in [1.82, 2.24) is 19.6 Å². The Morgan fingerprint density at radius 3 is 2.47 bits per heavy atom. The largest absolute Gasteiger partial charge is 0.322 e. The monoisotopic (exact) mass is 437 g/mol. The summed E-state index contributed by atoms with van der Waals surface area (Å²) in [6.07, 6.45) is 0.227. The number of fused-ring (bicyclic) bond motifs is 1. The van der Waals surface area contributed by atoms with Crippen molar-refractivity contribution in [2.24, 2.45) is 0 Å². The molecule has 0 radical (unpaired) electrons. The van der Waals surface area contributed by atoms with E-state index in [9.17, 15) is 18.4 Å². The van der Waals surface area contributed by atoms with Gasteiger partial charge in [0.05, 0.1) is 28.1 Å². The molecular formula is C23H21F2N5O2. The molecule has 7 nitrogen and oxygen atoms in total. The Hall–Kier alpha value is -3.88. The summed E-state index contributed by atoms with van der Waals surface area (Å²) in [5.74, 6) is -2.29. The standard InChI is InChI=1S/C23H21F2N5O2/c1-4-19(22(31)26-18-11-10-15(24)12-17(18)25)30-23(32)21-20(13(2)27-30)14(3)29(28-21)16-8-6-5-7-9-16/h5-12,19H,4H2,1-3H3,(H,26,31). The minimum absolute atomic E-state index is 0.176. The van der Waals surface area contributed by atoms with E-state index in [4.69, 9.17) is 0 Å². The fraction of sp³-hybridized carbons (Fsp3) is 0.217. The number of hydrogen-bond acceptors (Lipinski definition) is 4. The van der Waals surface area contributed by atoms with Gasteiger partial charge < -0.3 is 5.32 Å². The van der Waals surface area contributed by atoms with Crippen LogP contribution >= 0.6 is 0 Å². The maximum atomic E-state index is 14.0. The van der Waals surface area contributed by atoms with Crippen molar-refractivity contribution in [2.75, 3.05) is 5.32 Å². The van der Waals surface area contributed by atoms with Crippen LogP contribution in [0.15, 0.2) is 53.3 Å². The van der Waals surface area contributed by atoms with Crippen LogP contribution in [0.2, 0.25) is 0 Å². The molecule has 0 aliphatic heterocycles. The first-order valence-corrected chi connectivity index (χ1v) is 10.1. The van der Waals surface area contributed by atoms with E-state index in [-0.39, 0.29) is 17.6 Å². The smallest absolute Gasteiger partial charge is 0.295 e. The van der Waals surface area contributed by atoms with Gasteiger partial charge in [-0.05, 0) is 44.5 Å². The third-order valence-electron chi connectivity index (χ3n) is 5.32. The van der Waals surface area contributed by atoms with Gasteiger partial charge in [0.2, 0.25) is 5.91 Å². The van der Waals surface area contributed by atoms with E-state index in [0.717, 1.165) is 28.2 Å². The van der Waals surface area contributed by atoms with Gasteiger partial charge in [0.1, 0.15) is 17.7 Å². The Balaban J connectivity index is 1.78. The molecule has 1 amide bonds. The highest BCUT2D eigenvalue weighted by molar-refractivity contribution is 5.94. The average Bonchev–Trinajstić information content (AvgIpc) is 3.13. The van der Waals surface area contributed by atoms with E-state index >= 15 is 0 Å². The van der Waals surface area contributed by atoms with Gasteiger partial charge >= 0.3 is 0 Å². The fourth-order valence-electron chi connectivity index (χ4n) is 3.76. The summed E-state index contributed by atoms with van der Waals surface area (Å²) in [5.41, 5.74) is 1.58. The molecule has 4 aromatic rings. The SMILES string of the molecule is CCC(C(=O)Nc1ccc(F)cc1F)n1nc(C)c2c(C)n(-c3ccccc3)nc2c1=O. The highest BCUT2D eigenvalue weighted by Crippen LogP contribution is 2.23. The molecule has 0 fully saturated rings. The highest BCUT2D eigenvalue weighted by Gasteiger charge is 2.26. The number of hydrogen-bond donors (Lipinski definition) is 1. The second-order valence-corrected chi connectivity index (χ2v) is 7.43. The molecule has 1 atom stereocenters. The Morgan fingerprint density at radius 2 is 1.81 bits per heavy atom. The summed E-state index contributed by atoms with van der Waals surface area (Å²) in [6, 6.07) is 11.2. The predicted molar refractivity (Wildman–Crippen MR) is 117 cm³/mol. The first-order valence-electron chi connectivity index (χ1n) is 10.1. The van der Waals surface area contributed by atoms with Crippen LogP contribution in [0.4, 0.5) is 14.5 Å². The van der Waals surface area contributed by atoms with Crippen LogP contribution in [-0.4, -0.2) is 25.5 Å². The number of halogens is 2. The van der Waals surface area contributed by atoms with Crippen molar-refractivity contribution in [3.63, 3.8) is 0 Å². The first-order chi connectivity index (χ1) is 15.3. The average molecular weight is 437 g/mol. The summed E-state index contributed by atoms with van der Waals surface area (Å²) in [7, 11) is 0. The summed E-state index contributed by atoms with van der Waals surface area (Å²) < 4.78 is 29.9. The molecule has 9 heteroatoms. The van der Waals surface area contributed by atoms with E-state index in [0.29, 0.717) is 17.1 Å². The number of amides is 1. The zero-order valence-electron chi connectivity index (χ0n) is 17.8. The lowest BCUT2D eigenvalue weighted by Crippen LogP contribution is -2.35. The lowest BCUT2D eigenvalue weighted by atomic mass is 10.1. The minimum Gasteiger partial charge on any atom is -0.322 e. The molecule has 0 saturated heterocycles. The number of nitrogens with zero attached hydrogens (tertiary/aromatic N) is 4. The summed E-state index contributed by atoms with van der Waals surface area (Å²) in [5, 5.41) is 11.9. The Morgan fingerprint density at radius 1 is 1.09 bits per heavy atom. The summed E-state index contributed by atoms with van der Waals surface area (Å²) in [6.45, 7) is 5.31. The van der Waals surface area contributed by atoms with Gasteiger partial charge in [-0.2, -0.15) is 10.2 Å². The van der Waals surface area contributed by atoms with Crippen molar-refractivity contribution in [2.45, 2.75) is 33.2 Å².